The van der Waals surface area contributed by atoms with Gasteiger partial charge in [-0.3, -0.25) is 0 Å². The van der Waals surface area contributed by atoms with Gasteiger partial charge >= 0.3 is 0 Å². The van der Waals surface area contributed by atoms with Crippen LogP contribution in [0.5, 0.6) is 0 Å². The molecule has 0 fully saturated rings. The zero-order valence-electron chi connectivity index (χ0n) is 10.7. The van der Waals surface area contributed by atoms with Crippen molar-refractivity contribution in [2.75, 3.05) is 0 Å². The van der Waals surface area contributed by atoms with Crippen LogP contribution in [0.2, 0.25) is 18.1 Å². The van der Waals surface area contributed by atoms with E-state index in [0.29, 0.717) is 0 Å². The van der Waals surface area contributed by atoms with Crippen molar-refractivity contribution in [3.05, 3.63) is 32.7 Å². The van der Waals surface area contributed by atoms with Gasteiger partial charge in [0.2, 0.25) is 0 Å². The van der Waals surface area contributed by atoms with Crippen molar-refractivity contribution in [3.63, 3.8) is 0 Å². The van der Waals surface area contributed by atoms with Crippen LogP contribution in [0.1, 0.15) is 26.3 Å². The lowest BCUT2D eigenvalue weighted by atomic mass is 10.2. The Balaban J connectivity index is 2.71. The first-order valence-electron chi connectivity index (χ1n) is 6.14. The summed E-state index contributed by atoms with van der Waals surface area (Å²) >= 11 is 7.02. The minimum Gasteiger partial charge on any atom is -0.413 e. The van der Waals surface area contributed by atoms with Gasteiger partial charge in [0.05, 0.1) is 6.61 Å². The molecule has 0 unspecified atom stereocenters. The molecule has 0 aliphatic carbocycles. The topological polar surface area (TPSA) is 9.23 Å². The monoisotopic (exact) mass is 378 g/mol. The van der Waals surface area contributed by atoms with Crippen molar-refractivity contribution in [2.24, 2.45) is 0 Å². The number of rotatable bonds is 6. The van der Waals surface area contributed by atoms with Gasteiger partial charge in [-0.15, -0.1) is 0 Å². The fraction of sp³-hybridized carbons (Fsp3) is 0.538. The third kappa shape index (κ3) is 4.50. The SMILES string of the molecule is CC[Si](CC)(CC)OCc1cc(Br)cc(Br)c1. The molecule has 96 valence electrons. The third-order valence-corrected chi connectivity index (χ3v) is 8.94. The molecule has 0 bridgehead atoms. The molecule has 0 spiro atoms. The Kier molecular flexibility index (Phi) is 6.41. The molecule has 1 aromatic carbocycles. The minimum absolute atomic E-state index is 0.736. The highest BCUT2D eigenvalue weighted by atomic mass is 79.9. The Labute approximate surface area is 122 Å². The van der Waals surface area contributed by atoms with E-state index in [1.165, 1.54) is 23.7 Å². The minimum atomic E-state index is -1.47. The molecule has 17 heavy (non-hydrogen) atoms. The lowest BCUT2D eigenvalue weighted by Gasteiger charge is -2.28. The van der Waals surface area contributed by atoms with Gasteiger partial charge in [-0.2, -0.15) is 0 Å². The maximum absolute atomic E-state index is 6.27. The van der Waals surface area contributed by atoms with Gasteiger partial charge in [-0.25, -0.2) is 0 Å². The van der Waals surface area contributed by atoms with E-state index >= 15 is 0 Å². The van der Waals surface area contributed by atoms with Crippen LogP contribution in [-0.2, 0) is 11.0 Å². The second-order valence-corrected chi connectivity index (χ2v) is 10.9. The Bertz CT molecular complexity index is 336. The summed E-state index contributed by atoms with van der Waals surface area (Å²) in [5, 5.41) is 0. The Hall–Kier alpha value is 0.357. The van der Waals surface area contributed by atoms with E-state index in [0.717, 1.165) is 15.6 Å². The van der Waals surface area contributed by atoms with Gasteiger partial charge in [-0.05, 0) is 41.9 Å². The normalized spacial score (nSPS) is 11.8. The van der Waals surface area contributed by atoms with Crippen molar-refractivity contribution < 1.29 is 4.43 Å². The summed E-state index contributed by atoms with van der Waals surface area (Å²) in [6.45, 7) is 7.52. The summed E-state index contributed by atoms with van der Waals surface area (Å²) in [6.07, 6.45) is 0. The third-order valence-electron chi connectivity index (χ3n) is 3.40. The predicted octanol–water partition coefficient (Wildman–Crippen LogP) is 5.73. The molecular weight excluding hydrogens is 360 g/mol. The lowest BCUT2D eigenvalue weighted by molar-refractivity contribution is 0.287. The maximum Gasteiger partial charge on any atom is 0.192 e. The molecule has 4 heteroatoms. The largest absolute Gasteiger partial charge is 0.413 e. The average molecular weight is 380 g/mol. The van der Waals surface area contributed by atoms with E-state index in [4.69, 9.17) is 4.43 Å². The smallest absolute Gasteiger partial charge is 0.192 e. The highest BCUT2D eigenvalue weighted by molar-refractivity contribution is 9.11. The summed E-state index contributed by atoms with van der Waals surface area (Å²) in [6, 6.07) is 9.92. The lowest BCUT2D eigenvalue weighted by Crippen LogP contribution is -2.35. The predicted molar refractivity (Wildman–Crippen MR) is 83.8 cm³/mol. The van der Waals surface area contributed by atoms with Crippen LogP contribution >= 0.6 is 31.9 Å². The van der Waals surface area contributed by atoms with Gasteiger partial charge in [0, 0.05) is 8.95 Å². The molecule has 0 saturated carbocycles. The number of benzene rings is 1. The number of hydrogen-bond donors (Lipinski definition) is 0. The van der Waals surface area contributed by atoms with Crippen molar-refractivity contribution in [2.45, 2.75) is 45.5 Å². The van der Waals surface area contributed by atoms with Crippen LogP contribution < -0.4 is 0 Å². The second kappa shape index (κ2) is 7.07. The van der Waals surface area contributed by atoms with Crippen molar-refractivity contribution in [3.8, 4) is 0 Å². The molecule has 1 aromatic rings. The van der Waals surface area contributed by atoms with Crippen molar-refractivity contribution in [1.82, 2.24) is 0 Å². The van der Waals surface area contributed by atoms with Crippen LogP contribution in [0.4, 0.5) is 0 Å². The van der Waals surface area contributed by atoms with Gasteiger partial charge in [0.25, 0.3) is 0 Å². The van der Waals surface area contributed by atoms with E-state index in [-0.39, 0.29) is 0 Å². The maximum atomic E-state index is 6.27. The summed E-state index contributed by atoms with van der Waals surface area (Å²) in [5.74, 6) is 0. The standard InChI is InChI=1S/C13H20Br2OSi/c1-4-17(5-2,6-3)16-10-11-7-12(14)9-13(15)8-11/h7-9H,4-6,10H2,1-3H3. The first-order chi connectivity index (χ1) is 8.05. The zero-order chi connectivity index (χ0) is 12.9. The van der Waals surface area contributed by atoms with Crippen LogP contribution in [0.25, 0.3) is 0 Å². The summed E-state index contributed by atoms with van der Waals surface area (Å²) < 4.78 is 8.47. The zero-order valence-corrected chi connectivity index (χ0v) is 14.9. The quantitative estimate of drug-likeness (QED) is 0.573. The Morgan fingerprint density at radius 2 is 1.41 bits per heavy atom. The molecule has 1 rings (SSSR count). The van der Waals surface area contributed by atoms with Gasteiger partial charge in [0.15, 0.2) is 8.32 Å². The second-order valence-electron chi connectivity index (χ2n) is 4.31. The van der Waals surface area contributed by atoms with E-state index in [1.807, 2.05) is 6.07 Å². The molecule has 0 amide bonds. The van der Waals surface area contributed by atoms with Gasteiger partial charge in [-0.1, -0.05) is 52.6 Å². The van der Waals surface area contributed by atoms with Gasteiger partial charge in [0.1, 0.15) is 0 Å². The van der Waals surface area contributed by atoms with Gasteiger partial charge < -0.3 is 4.43 Å². The van der Waals surface area contributed by atoms with Crippen molar-refractivity contribution >= 4 is 40.2 Å². The average Bonchev–Trinajstić information content (AvgIpc) is 2.30. The molecule has 0 aromatic heterocycles. The van der Waals surface area contributed by atoms with Crippen LogP contribution in [0, 0.1) is 0 Å². The summed E-state index contributed by atoms with van der Waals surface area (Å²) in [7, 11) is -1.47. The van der Waals surface area contributed by atoms with E-state index in [2.05, 4.69) is 64.8 Å². The molecule has 0 aliphatic heterocycles. The highest BCUT2D eigenvalue weighted by Gasteiger charge is 2.28. The van der Waals surface area contributed by atoms with Crippen LogP contribution in [0.15, 0.2) is 27.1 Å². The fourth-order valence-electron chi connectivity index (χ4n) is 1.99. The first-order valence-corrected chi connectivity index (χ1v) is 10.3. The molecule has 0 N–H and O–H groups in total. The number of halogens is 2. The number of hydrogen-bond acceptors (Lipinski definition) is 1. The first kappa shape index (κ1) is 15.4. The molecule has 0 saturated heterocycles. The van der Waals surface area contributed by atoms with Crippen LogP contribution in [-0.4, -0.2) is 8.32 Å². The summed E-state index contributed by atoms with van der Waals surface area (Å²) in [4.78, 5) is 0. The highest BCUT2D eigenvalue weighted by Crippen LogP contribution is 2.25. The Morgan fingerprint density at radius 1 is 0.941 bits per heavy atom. The van der Waals surface area contributed by atoms with Crippen molar-refractivity contribution in [1.29, 1.82) is 0 Å². The molecule has 0 heterocycles. The molecular formula is C13H20Br2OSi. The van der Waals surface area contributed by atoms with E-state index in [1.54, 1.807) is 0 Å². The Morgan fingerprint density at radius 3 is 1.82 bits per heavy atom. The van der Waals surface area contributed by atoms with E-state index in [9.17, 15) is 0 Å². The molecule has 0 aliphatic rings. The molecule has 0 radical (unpaired) electrons. The summed E-state index contributed by atoms with van der Waals surface area (Å²) in [5.41, 5.74) is 1.23. The molecule has 0 atom stereocenters. The van der Waals surface area contributed by atoms with Crippen LogP contribution in [0.3, 0.4) is 0 Å². The fourth-order valence-corrected chi connectivity index (χ4v) is 5.96. The van der Waals surface area contributed by atoms with E-state index < -0.39 is 8.32 Å². The molecule has 1 nitrogen and oxygen atoms in total.